The summed E-state index contributed by atoms with van der Waals surface area (Å²) >= 11 is 0. The molecule has 1 aromatic rings. The van der Waals surface area contributed by atoms with E-state index < -0.39 is 0 Å². The van der Waals surface area contributed by atoms with Crippen molar-refractivity contribution in [1.29, 1.82) is 5.26 Å². The third kappa shape index (κ3) is 3.26. The number of urea groups is 1. The van der Waals surface area contributed by atoms with Crippen LogP contribution in [-0.2, 0) is 0 Å². The van der Waals surface area contributed by atoms with Crippen molar-refractivity contribution in [2.45, 2.75) is 0 Å². The first-order chi connectivity index (χ1) is 7.67. The van der Waals surface area contributed by atoms with Gasteiger partial charge in [-0.3, -0.25) is 0 Å². The lowest BCUT2D eigenvalue weighted by molar-refractivity contribution is 0.202. The van der Waals surface area contributed by atoms with Gasteiger partial charge in [-0.2, -0.15) is 5.26 Å². The van der Waals surface area contributed by atoms with Crippen molar-refractivity contribution < 1.29 is 9.90 Å². The van der Waals surface area contributed by atoms with E-state index in [0.29, 0.717) is 11.3 Å². The highest BCUT2D eigenvalue weighted by atomic mass is 16.3. The summed E-state index contributed by atoms with van der Waals surface area (Å²) < 4.78 is 0. The molecule has 2 N–H and O–H groups in total. The maximum atomic E-state index is 11.5. The van der Waals surface area contributed by atoms with Crippen molar-refractivity contribution in [3.63, 3.8) is 0 Å². The Balaban J connectivity index is 2.66. The lowest BCUT2D eigenvalue weighted by atomic mass is 10.2. The number of hydrogen-bond acceptors (Lipinski definition) is 3. The Kier molecular flexibility index (Phi) is 4.30. The van der Waals surface area contributed by atoms with Crippen molar-refractivity contribution in [3.05, 3.63) is 29.8 Å². The van der Waals surface area contributed by atoms with Crippen LogP contribution in [0.1, 0.15) is 5.56 Å². The molecule has 0 saturated carbocycles. The first-order valence-electron chi connectivity index (χ1n) is 4.80. The van der Waals surface area contributed by atoms with Crippen LogP contribution in [0.5, 0.6) is 0 Å². The average molecular weight is 219 g/mol. The van der Waals surface area contributed by atoms with Crippen molar-refractivity contribution in [2.24, 2.45) is 0 Å². The van der Waals surface area contributed by atoms with Gasteiger partial charge in [-0.25, -0.2) is 4.79 Å². The normalized spacial score (nSPS) is 9.31. The molecular weight excluding hydrogens is 206 g/mol. The molecule has 0 spiro atoms. The number of aliphatic hydroxyl groups excluding tert-OH is 1. The molecule has 5 nitrogen and oxygen atoms in total. The second kappa shape index (κ2) is 5.73. The molecule has 16 heavy (non-hydrogen) atoms. The van der Waals surface area contributed by atoms with Crippen molar-refractivity contribution in [3.8, 4) is 6.07 Å². The number of benzene rings is 1. The minimum atomic E-state index is -0.316. The Morgan fingerprint density at radius 3 is 3.00 bits per heavy atom. The molecule has 0 heterocycles. The zero-order chi connectivity index (χ0) is 12.0. The first kappa shape index (κ1) is 12.0. The molecule has 2 amide bonds. The van der Waals surface area contributed by atoms with Gasteiger partial charge in [0, 0.05) is 19.3 Å². The van der Waals surface area contributed by atoms with Gasteiger partial charge in [0.25, 0.3) is 0 Å². The van der Waals surface area contributed by atoms with E-state index in [1.807, 2.05) is 6.07 Å². The number of nitriles is 1. The molecule has 0 aromatic heterocycles. The van der Waals surface area contributed by atoms with Crippen LogP contribution < -0.4 is 5.32 Å². The summed E-state index contributed by atoms with van der Waals surface area (Å²) in [6.07, 6.45) is 0. The fourth-order valence-corrected chi connectivity index (χ4v) is 1.14. The fraction of sp³-hybridized carbons (Fsp3) is 0.273. The number of nitrogens with zero attached hydrogens (tertiary/aromatic N) is 2. The van der Waals surface area contributed by atoms with E-state index >= 15 is 0 Å². The largest absolute Gasteiger partial charge is 0.395 e. The molecule has 1 rings (SSSR count). The third-order valence-electron chi connectivity index (χ3n) is 2.03. The molecular formula is C11H13N3O2. The number of anilines is 1. The molecule has 0 aliphatic heterocycles. The van der Waals surface area contributed by atoms with Gasteiger partial charge in [0.1, 0.15) is 0 Å². The summed E-state index contributed by atoms with van der Waals surface area (Å²) in [6.45, 7) is 0.186. The zero-order valence-corrected chi connectivity index (χ0v) is 8.97. The van der Waals surface area contributed by atoms with Crippen LogP contribution in [0.15, 0.2) is 24.3 Å². The minimum Gasteiger partial charge on any atom is -0.395 e. The van der Waals surface area contributed by atoms with E-state index in [-0.39, 0.29) is 19.2 Å². The Morgan fingerprint density at radius 1 is 1.62 bits per heavy atom. The topological polar surface area (TPSA) is 76.4 Å². The van der Waals surface area contributed by atoms with Gasteiger partial charge in [-0.15, -0.1) is 0 Å². The van der Waals surface area contributed by atoms with E-state index in [2.05, 4.69) is 5.32 Å². The first-order valence-corrected chi connectivity index (χ1v) is 4.80. The number of aliphatic hydroxyl groups is 1. The molecule has 0 atom stereocenters. The molecule has 5 heteroatoms. The Bertz CT molecular complexity index is 412. The van der Waals surface area contributed by atoms with Crippen LogP contribution in [0.3, 0.4) is 0 Å². The summed E-state index contributed by atoms with van der Waals surface area (Å²) in [5, 5.41) is 20.0. The summed E-state index contributed by atoms with van der Waals surface area (Å²) in [7, 11) is 1.58. The summed E-state index contributed by atoms with van der Waals surface area (Å²) in [6, 6.07) is 8.32. The second-order valence-corrected chi connectivity index (χ2v) is 3.27. The van der Waals surface area contributed by atoms with Crippen LogP contribution in [0, 0.1) is 11.3 Å². The van der Waals surface area contributed by atoms with Gasteiger partial charge in [0.15, 0.2) is 0 Å². The predicted molar refractivity (Wildman–Crippen MR) is 59.9 cm³/mol. The number of amides is 2. The highest BCUT2D eigenvalue weighted by Crippen LogP contribution is 2.10. The van der Waals surface area contributed by atoms with Gasteiger partial charge in [-0.1, -0.05) is 6.07 Å². The quantitative estimate of drug-likeness (QED) is 0.796. The molecule has 0 fully saturated rings. The molecule has 84 valence electrons. The lowest BCUT2D eigenvalue weighted by Gasteiger charge is -2.16. The van der Waals surface area contributed by atoms with Gasteiger partial charge >= 0.3 is 6.03 Å². The highest BCUT2D eigenvalue weighted by molar-refractivity contribution is 5.89. The van der Waals surface area contributed by atoms with Gasteiger partial charge in [-0.05, 0) is 18.2 Å². The molecule has 0 aliphatic rings. The molecule has 0 radical (unpaired) electrons. The van der Waals surface area contributed by atoms with Gasteiger partial charge < -0.3 is 15.3 Å². The number of carbonyl (C=O) groups excluding carboxylic acids is 1. The number of rotatable bonds is 3. The van der Waals surface area contributed by atoms with Crippen molar-refractivity contribution in [1.82, 2.24) is 4.90 Å². The van der Waals surface area contributed by atoms with E-state index in [9.17, 15) is 4.79 Å². The number of carbonyl (C=O) groups is 1. The van der Waals surface area contributed by atoms with Crippen molar-refractivity contribution >= 4 is 11.7 Å². The second-order valence-electron chi connectivity index (χ2n) is 3.27. The Labute approximate surface area is 93.9 Å². The van der Waals surface area contributed by atoms with Gasteiger partial charge in [0.05, 0.1) is 18.2 Å². The molecule has 0 aliphatic carbocycles. The smallest absolute Gasteiger partial charge is 0.321 e. The van der Waals surface area contributed by atoms with E-state index in [1.54, 1.807) is 31.3 Å². The fourth-order valence-electron chi connectivity index (χ4n) is 1.14. The Hall–Kier alpha value is -2.06. The number of nitrogens with one attached hydrogen (secondary N) is 1. The van der Waals surface area contributed by atoms with Gasteiger partial charge in [0.2, 0.25) is 0 Å². The van der Waals surface area contributed by atoms with E-state index in [1.165, 1.54) is 4.90 Å². The number of hydrogen-bond donors (Lipinski definition) is 2. The summed E-state index contributed by atoms with van der Waals surface area (Å²) in [5.74, 6) is 0. The van der Waals surface area contributed by atoms with Crippen LogP contribution in [0.4, 0.5) is 10.5 Å². The molecule has 1 aromatic carbocycles. The Morgan fingerprint density at radius 2 is 2.38 bits per heavy atom. The third-order valence-corrected chi connectivity index (χ3v) is 2.03. The average Bonchev–Trinajstić information content (AvgIpc) is 2.29. The molecule has 0 unspecified atom stereocenters. The zero-order valence-electron chi connectivity index (χ0n) is 8.97. The monoisotopic (exact) mass is 219 g/mol. The van der Waals surface area contributed by atoms with Crippen LogP contribution in [-0.4, -0.2) is 36.2 Å². The van der Waals surface area contributed by atoms with Crippen LogP contribution >= 0.6 is 0 Å². The molecule has 0 saturated heterocycles. The maximum absolute atomic E-state index is 11.5. The highest BCUT2D eigenvalue weighted by Gasteiger charge is 2.07. The van der Waals surface area contributed by atoms with Crippen molar-refractivity contribution in [2.75, 3.05) is 25.5 Å². The predicted octanol–water partition coefficient (Wildman–Crippen LogP) is 1.01. The standard InChI is InChI=1S/C11H13N3O2/c1-14(5-6-15)11(16)13-10-4-2-3-9(7-10)8-12/h2-4,7,15H,5-6H2,1H3,(H,13,16). The summed E-state index contributed by atoms with van der Waals surface area (Å²) in [5.41, 5.74) is 1.05. The molecule has 0 bridgehead atoms. The number of likely N-dealkylation sites (N-methyl/N-ethyl adjacent to an activating group) is 1. The van der Waals surface area contributed by atoms with E-state index in [4.69, 9.17) is 10.4 Å². The van der Waals surface area contributed by atoms with E-state index in [0.717, 1.165) is 0 Å². The van der Waals surface area contributed by atoms with Crippen LogP contribution in [0.25, 0.3) is 0 Å². The minimum absolute atomic E-state index is 0.0812. The SMILES string of the molecule is CN(CCO)C(=O)Nc1cccc(C#N)c1. The summed E-state index contributed by atoms with van der Waals surface area (Å²) in [4.78, 5) is 12.9. The van der Waals surface area contributed by atoms with Crippen LogP contribution in [0.2, 0.25) is 0 Å². The lowest BCUT2D eigenvalue weighted by Crippen LogP contribution is -2.33. The maximum Gasteiger partial charge on any atom is 0.321 e.